The zero-order valence-corrected chi connectivity index (χ0v) is 15.8. The number of ether oxygens (including phenoxy) is 2. The molecule has 2 heterocycles. The molecule has 3 rings (SSSR count). The topological polar surface area (TPSA) is 124 Å². The molecule has 1 saturated heterocycles. The maximum atomic E-state index is 12.6. The Hall–Kier alpha value is -3.27. The largest absolute Gasteiger partial charge is 0.505 e. The monoisotopic (exact) mass is 409 g/mol. The molecule has 1 aliphatic heterocycles. The van der Waals surface area contributed by atoms with E-state index in [4.69, 9.17) is 15.6 Å². The number of phenolic OH excluding ortho intramolecular Hbond substituents is 1. The number of anilines is 1. The van der Waals surface area contributed by atoms with Crippen LogP contribution in [-0.2, 0) is 9.53 Å². The predicted molar refractivity (Wildman–Crippen MR) is 99.5 cm³/mol. The molecule has 156 valence electrons. The van der Waals surface area contributed by atoms with E-state index in [9.17, 15) is 18.4 Å². The molecule has 0 radical (unpaired) electrons. The molecule has 0 bridgehead atoms. The molecule has 2 amide bonds. The van der Waals surface area contributed by atoms with Gasteiger partial charge in [-0.3, -0.25) is 14.6 Å². The fourth-order valence-electron chi connectivity index (χ4n) is 2.54. The van der Waals surface area contributed by atoms with Crippen LogP contribution in [0.3, 0.4) is 0 Å². The van der Waals surface area contributed by atoms with E-state index in [2.05, 4.69) is 15.0 Å². The Kier molecular flexibility index (Phi) is 7.43. The number of amides is 2. The first-order valence-corrected chi connectivity index (χ1v) is 8.66. The summed E-state index contributed by atoms with van der Waals surface area (Å²) in [5.41, 5.74) is 5.73. The van der Waals surface area contributed by atoms with Gasteiger partial charge in [-0.15, -0.1) is 0 Å². The van der Waals surface area contributed by atoms with Crippen molar-refractivity contribution in [3.63, 3.8) is 0 Å². The molecule has 1 aliphatic rings. The summed E-state index contributed by atoms with van der Waals surface area (Å²) >= 11 is 0. The van der Waals surface area contributed by atoms with Gasteiger partial charge in [0.25, 0.3) is 11.8 Å². The minimum Gasteiger partial charge on any atom is -0.505 e. The van der Waals surface area contributed by atoms with Crippen LogP contribution < -0.4 is 15.8 Å². The highest BCUT2D eigenvalue weighted by Crippen LogP contribution is 2.25. The number of pyridine rings is 1. The quantitative estimate of drug-likeness (QED) is 0.712. The SMILES string of the molecule is CC1CCC(C(=O)Nc2ccnc(C(N)=O)c2)O1.COc1ccc(O)c(F)c1F. The average Bonchev–Trinajstić information content (AvgIpc) is 3.13. The zero-order chi connectivity index (χ0) is 21.6. The molecule has 1 aromatic heterocycles. The molecular weight excluding hydrogens is 388 g/mol. The number of halogens is 2. The van der Waals surface area contributed by atoms with Gasteiger partial charge in [0, 0.05) is 11.9 Å². The van der Waals surface area contributed by atoms with Crippen LogP contribution in [0.25, 0.3) is 0 Å². The number of nitrogens with zero attached hydrogens (tertiary/aromatic N) is 1. The smallest absolute Gasteiger partial charge is 0.267 e. The van der Waals surface area contributed by atoms with E-state index in [1.807, 2.05) is 6.92 Å². The maximum Gasteiger partial charge on any atom is 0.267 e. The van der Waals surface area contributed by atoms with Crippen molar-refractivity contribution in [1.29, 1.82) is 0 Å². The minimum absolute atomic E-state index is 0.111. The van der Waals surface area contributed by atoms with Crippen LogP contribution >= 0.6 is 0 Å². The highest BCUT2D eigenvalue weighted by Gasteiger charge is 2.28. The van der Waals surface area contributed by atoms with Crippen LogP contribution in [0.15, 0.2) is 30.5 Å². The third-order valence-electron chi connectivity index (χ3n) is 4.05. The van der Waals surface area contributed by atoms with Crippen molar-refractivity contribution < 1.29 is 33.0 Å². The van der Waals surface area contributed by atoms with Crippen LogP contribution in [0.2, 0.25) is 0 Å². The fourth-order valence-corrected chi connectivity index (χ4v) is 2.54. The molecule has 29 heavy (non-hydrogen) atoms. The van der Waals surface area contributed by atoms with E-state index in [-0.39, 0.29) is 23.5 Å². The number of aromatic hydroxyl groups is 1. The number of hydrogen-bond donors (Lipinski definition) is 3. The second-order valence-corrected chi connectivity index (χ2v) is 6.21. The van der Waals surface area contributed by atoms with Crippen molar-refractivity contribution in [2.45, 2.75) is 32.0 Å². The molecule has 1 aromatic carbocycles. The lowest BCUT2D eigenvalue weighted by Gasteiger charge is -2.11. The number of rotatable bonds is 4. The average molecular weight is 409 g/mol. The van der Waals surface area contributed by atoms with E-state index in [0.29, 0.717) is 12.1 Å². The summed E-state index contributed by atoms with van der Waals surface area (Å²) in [7, 11) is 1.22. The Morgan fingerprint density at radius 3 is 2.59 bits per heavy atom. The summed E-state index contributed by atoms with van der Waals surface area (Å²) in [6.45, 7) is 1.94. The molecule has 8 nitrogen and oxygen atoms in total. The first-order chi connectivity index (χ1) is 13.7. The summed E-state index contributed by atoms with van der Waals surface area (Å²) < 4.78 is 35.0. The number of primary amides is 1. The van der Waals surface area contributed by atoms with Gasteiger partial charge in [-0.05, 0) is 44.0 Å². The zero-order valence-electron chi connectivity index (χ0n) is 15.8. The highest BCUT2D eigenvalue weighted by molar-refractivity contribution is 5.96. The van der Waals surface area contributed by atoms with E-state index in [0.717, 1.165) is 18.6 Å². The fraction of sp³-hybridized carbons (Fsp3) is 0.316. The van der Waals surface area contributed by atoms with Gasteiger partial charge in [-0.2, -0.15) is 8.78 Å². The standard InChI is InChI=1S/C12H15N3O3.C7H6F2O2/c1-7-2-3-10(18-7)12(17)15-8-4-5-14-9(6-8)11(13)16;1-11-5-3-2-4(10)6(8)7(5)9/h4-7,10H,2-3H2,1H3,(H2,13,16)(H,14,15,17);2-3,10H,1H3. The van der Waals surface area contributed by atoms with Crippen LogP contribution in [0.1, 0.15) is 30.3 Å². The van der Waals surface area contributed by atoms with Gasteiger partial charge in [0.15, 0.2) is 11.5 Å². The normalized spacial score (nSPS) is 17.8. The molecule has 0 aliphatic carbocycles. The van der Waals surface area contributed by atoms with E-state index in [1.165, 1.54) is 19.4 Å². The Labute approximate surface area is 165 Å². The molecule has 10 heteroatoms. The van der Waals surface area contributed by atoms with Gasteiger partial charge in [-0.1, -0.05) is 0 Å². The van der Waals surface area contributed by atoms with Crippen LogP contribution in [0.4, 0.5) is 14.5 Å². The van der Waals surface area contributed by atoms with E-state index < -0.39 is 29.4 Å². The number of methoxy groups -OCH3 is 1. The summed E-state index contributed by atoms with van der Waals surface area (Å²) in [6, 6.07) is 5.21. The summed E-state index contributed by atoms with van der Waals surface area (Å²) in [5.74, 6) is -4.24. The Morgan fingerprint density at radius 1 is 1.28 bits per heavy atom. The number of hydrogen-bond acceptors (Lipinski definition) is 6. The van der Waals surface area contributed by atoms with Gasteiger partial charge in [-0.25, -0.2) is 0 Å². The molecule has 2 atom stereocenters. The van der Waals surface area contributed by atoms with Crippen LogP contribution in [0.5, 0.6) is 11.5 Å². The number of aromatic nitrogens is 1. The number of carbonyl (C=O) groups excluding carboxylic acids is 2. The molecular formula is C19H21F2N3O5. The van der Waals surface area contributed by atoms with Crippen molar-refractivity contribution in [3.05, 3.63) is 47.8 Å². The van der Waals surface area contributed by atoms with Crippen LogP contribution in [0, 0.1) is 11.6 Å². The Bertz CT molecular complexity index is 894. The third kappa shape index (κ3) is 5.85. The molecule has 2 unspecified atom stereocenters. The van der Waals surface area contributed by atoms with Gasteiger partial charge in [0.05, 0.1) is 13.2 Å². The van der Waals surface area contributed by atoms with Gasteiger partial charge in [0.1, 0.15) is 11.8 Å². The maximum absolute atomic E-state index is 12.6. The molecule has 4 N–H and O–H groups in total. The Morgan fingerprint density at radius 2 is 2.00 bits per heavy atom. The van der Waals surface area contributed by atoms with Crippen molar-refractivity contribution in [1.82, 2.24) is 4.98 Å². The van der Waals surface area contributed by atoms with Crippen molar-refractivity contribution in [2.75, 3.05) is 12.4 Å². The minimum atomic E-state index is -1.29. The second kappa shape index (κ2) is 9.78. The van der Waals surface area contributed by atoms with E-state index in [1.54, 1.807) is 6.07 Å². The summed E-state index contributed by atoms with van der Waals surface area (Å²) in [4.78, 5) is 26.6. The Balaban J connectivity index is 0.000000234. The molecule has 1 fully saturated rings. The predicted octanol–water partition coefficient (Wildman–Crippen LogP) is 2.37. The number of nitrogens with one attached hydrogen (secondary N) is 1. The highest BCUT2D eigenvalue weighted by atomic mass is 19.2. The van der Waals surface area contributed by atoms with Crippen LogP contribution in [-0.4, -0.2) is 41.2 Å². The molecule has 2 aromatic rings. The van der Waals surface area contributed by atoms with Gasteiger partial charge < -0.3 is 25.6 Å². The van der Waals surface area contributed by atoms with Crippen molar-refractivity contribution >= 4 is 17.5 Å². The molecule has 0 saturated carbocycles. The lowest BCUT2D eigenvalue weighted by Crippen LogP contribution is -2.28. The van der Waals surface area contributed by atoms with Gasteiger partial charge in [0.2, 0.25) is 11.6 Å². The number of nitrogens with two attached hydrogens (primary N) is 1. The first kappa shape index (κ1) is 22.0. The summed E-state index contributed by atoms with van der Waals surface area (Å²) in [6.07, 6.45) is 2.69. The lowest BCUT2D eigenvalue weighted by molar-refractivity contribution is -0.126. The summed E-state index contributed by atoms with van der Waals surface area (Å²) in [5, 5.41) is 11.3. The molecule has 0 spiro atoms. The lowest BCUT2D eigenvalue weighted by atomic mass is 10.2. The van der Waals surface area contributed by atoms with Gasteiger partial charge >= 0.3 is 0 Å². The number of benzene rings is 1. The van der Waals surface area contributed by atoms with E-state index >= 15 is 0 Å². The van der Waals surface area contributed by atoms with Crippen molar-refractivity contribution in [3.8, 4) is 11.5 Å². The van der Waals surface area contributed by atoms with Crippen molar-refractivity contribution in [2.24, 2.45) is 5.73 Å². The number of carbonyl (C=O) groups is 2. The third-order valence-corrected chi connectivity index (χ3v) is 4.05. The first-order valence-electron chi connectivity index (χ1n) is 8.66. The second-order valence-electron chi connectivity index (χ2n) is 6.21. The number of phenols is 1.